The van der Waals surface area contributed by atoms with Gasteiger partial charge in [-0.2, -0.15) is 13.2 Å². The normalized spacial score (nSPS) is 12.0. The van der Waals surface area contributed by atoms with Gasteiger partial charge in [0.1, 0.15) is 0 Å². The van der Waals surface area contributed by atoms with Crippen LogP contribution in [0.1, 0.15) is 25.0 Å². The number of benzene rings is 2. The second-order valence-electron chi connectivity index (χ2n) is 6.90. The predicted molar refractivity (Wildman–Crippen MR) is 104 cm³/mol. The molecule has 2 aromatic carbocycles. The van der Waals surface area contributed by atoms with Crippen molar-refractivity contribution >= 4 is 40.5 Å². The van der Waals surface area contributed by atoms with Crippen LogP contribution in [0.4, 0.5) is 24.5 Å². The molecule has 2 aromatic rings. The second-order valence-corrected chi connectivity index (χ2v) is 7.71. The summed E-state index contributed by atoms with van der Waals surface area (Å²) in [6.45, 7) is 3.31. The smallest absolute Gasteiger partial charge is 0.389 e. The summed E-state index contributed by atoms with van der Waals surface area (Å²) in [7, 11) is 0. The zero-order valence-electron chi connectivity index (χ0n) is 15.1. The summed E-state index contributed by atoms with van der Waals surface area (Å²) < 4.78 is 38.4. The molecule has 3 N–H and O–H groups in total. The summed E-state index contributed by atoms with van der Waals surface area (Å²) in [6.07, 6.45) is -4.42. The van der Waals surface area contributed by atoms with Crippen molar-refractivity contribution in [3.05, 3.63) is 57.6 Å². The fourth-order valence-electron chi connectivity index (χ4n) is 2.27. The Morgan fingerprint density at radius 3 is 2.07 bits per heavy atom. The lowest BCUT2D eigenvalue weighted by Gasteiger charge is -2.17. The van der Waals surface area contributed by atoms with Gasteiger partial charge in [0, 0.05) is 12.2 Å². The van der Waals surface area contributed by atoms with Crippen LogP contribution in [0.2, 0.25) is 10.0 Å². The van der Waals surface area contributed by atoms with E-state index in [1.165, 1.54) is 0 Å². The lowest BCUT2D eigenvalue weighted by molar-refractivity contribution is -0.137. The van der Waals surface area contributed by atoms with Crippen LogP contribution in [-0.2, 0) is 17.4 Å². The number of anilines is 2. The fourth-order valence-corrected chi connectivity index (χ4v) is 2.85. The van der Waals surface area contributed by atoms with E-state index >= 15 is 0 Å². The van der Waals surface area contributed by atoms with Gasteiger partial charge < -0.3 is 15.7 Å². The quantitative estimate of drug-likeness (QED) is 0.586. The van der Waals surface area contributed by atoms with Crippen LogP contribution >= 0.6 is 23.2 Å². The Morgan fingerprint density at radius 2 is 1.61 bits per heavy atom. The Labute approximate surface area is 170 Å². The van der Waals surface area contributed by atoms with Crippen LogP contribution in [0.15, 0.2) is 36.4 Å². The average Bonchev–Trinajstić information content (AvgIpc) is 2.56. The molecular formula is C19H19Cl2F3N2O2. The molecule has 4 nitrogen and oxygen atoms in total. The maximum Gasteiger partial charge on any atom is 0.416 e. The highest BCUT2D eigenvalue weighted by atomic mass is 35.5. The van der Waals surface area contributed by atoms with Crippen molar-refractivity contribution in [1.29, 1.82) is 0 Å². The molecule has 0 saturated heterocycles. The van der Waals surface area contributed by atoms with Crippen molar-refractivity contribution in [3.63, 3.8) is 0 Å². The molecule has 9 heteroatoms. The minimum absolute atomic E-state index is 0.123. The zero-order chi connectivity index (χ0) is 21.1. The number of rotatable bonds is 6. The van der Waals surface area contributed by atoms with E-state index in [0.29, 0.717) is 5.69 Å². The molecule has 0 aromatic heterocycles. The minimum Gasteiger partial charge on any atom is -0.389 e. The molecule has 2 rings (SSSR count). The molecule has 0 bridgehead atoms. The second kappa shape index (κ2) is 8.59. The third kappa shape index (κ3) is 6.58. The molecule has 0 spiro atoms. The molecule has 0 heterocycles. The summed E-state index contributed by atoms with van der Waals surface area (Å²) >= 11 is 11.9. The first-order valence-electron chi connectivity index (χ1n) is 8.26. The number of halogens is 5. The SMILES string of the molecule is CC(C)(O)CNC(=O)Cc1ccc(Nc2c(Cl)cc(C(F)(F)F)cc2Cl)cc1. The standard InChI is InChI=1S/C19H19Cl2F3N2O2/c1-18(2,28)10-25-16(27)7-11-3-5-13(6-4-11)26-17-14(20)8-12(9-15(17)21)19(22,23)24/h3-6,8-9,26,28H,7,10H2,1-2H3,(H,25,27). The molecule has 0 fully saturated rings. The van der Waals surface area contributed by atoms with Crippen molar-refractivity contribution in [2.45, 2.75) is 32.0 Å². The van der Waals surface area contributed by atoms with Gasteiger partial charge in [0.05, 0.1) is 33.3 Å². The van der Waals surface area contributed by atoms with Gasteiger partial charge >= 0.3 is 6.18 Å². The highest BCUT2D eigenvalue weighted by Crippen LogP contribution is 2.39. The van der Waals surface area contributed by atoms with Crippen molar-refractivity contribution in [1.82, 2.24) is 5.32 Å². The zero-order valence-corrected chi connectivity index (χ0v) is 16.6. The number of nitrogens with one attached hydrogen (secondary N) is 2. The van der Waals surface area contributed by atoms with Gasteiger partial charge in [-0.25, -0.2) is 0 Å². The molecule has 152 valence electrons. The van der Waals surface area contributed by atoms with Crippen molar-refractivity contribution in [2.24, 2.45) is 0 Å². The number of carbonyl (C=O) groups excluding carboxylic acids is 1. The first-order chi connectivity index (χ1) is 12.8. The number of hydrogen-bond acceptors (Lipinski definition) is 3. The molecule has 0 aliphatic rings. The van der Waals surface area contributed by atoms with Gasteiger partial charge in [0.15, 0.2) is 0 Å². The van der Waals surface area contributed by atoms with Gasteiger partial charge in [-0.15, -0.1) is 0 Å². The van der Waals surface area contributed by atoms with Crippen molar-refractivity contribution in [3.8, 4) is 0 Å². The van der Waals surface area contributed by atoms with Crippen molar-refractivity contribution in [2.75, 3.05) is 11.9 Å². The Morgan fingerprint density at radius 1 is 1.07 bits per heavy atom. The van der Waals surface area contributed by atoms with E-state index in [1.807, 2.05) is 0 Å². The van der Waals surface area contributed by atoms with Gasteiger partial charge in [-0.3, -0.25) is 4.79 Å². The molecule has 0 radical (unpaired) electrons. The average molecular weight is 435 g/mol. The monoisotopic (exact) mass is 434 g/mol. The maximum absolute atomic E-state index is 12.8. The van der Waals surface area contributed by atoms with Crippen LogP contribution in [0.25, 0.3) is 0 Å². The summed E-state index contributed by atoms with van der Waals surface area (Å²) in [4.78, 5) is 11.9. The number of hydrogen-bond donors (Lipinski definition) is 3. The van der Waals surface area contributed by atoms with Gasteiger partial charge in [-0.05, 0) is 43.7 Å². The van der Waals surface area contributed by atoms with Crippen molar-refractivity contribution < 1.29 is 23.1 Å². The summed E-state index contributed by atoms with van der Waals surface area (Å²) in [5.41, 5.74) is -0.496. The number of alkyl halides is 3. The molecule has 0 unspecified atom stereocenters. The van der Waals surface area contributed by atoms with E-state index in [1.54, 1.807) is 38.1 Å². The summed E-state index contributed by atoms with van der Waals surface area (Å²) in [5.74, 6) is -0.239. The van der Waals surface area contributed by atoms with E-state index < -0.39 is 17.3 Å². The van der Waals surface area contributed by atoms with Gasteiger partial charge in [-0.1, -0.05) is 35.3 Å². The largest absolute Gasteiger partial charge is 0.416 e. The van der Waals surface area contributed by atoms with Crippen LogP contribution < -0.4 is 10.6 Å². The highest BCUT2D eigenvalue weighted by Gasteiger charge is 2.32. The molecule has 1 amide bonds. The Kier molecular flexibility index (Phi) is 6.85. The first-order valence-corrected chi connectivity index (χ1v) is 9.02. The van der Waals surface area contributed by atoms with Gasteiger partial charge in [0.25, 0.3) is 0 Å². The molecule has 0 atom stereocenters. The van der Waals surface area contributed by atoms with E-state index in [-0.39, 0.29) is 34.6 Å². The number of carbonyl (C=O) groups is 1. The van der Waals surface area contributed by atoms with E-state index in [4.69, 9.17) is 23.2 Å². The van der Waals surface area contributed by atoms with E-state index in [2.05, 4.69) is 10.6 Å². The molecule has 28 heavy (non-hydrogen) atoms. The Hall–Kier alpha value is -1.96. The number of amides is 1. The maximum atomic E-state index is 12.8. The molecular weight excluding hydrogens is 416 g/mol. The third-order valence-electron chi connectivity index (χ3n) is 3.68. The third-order valence-corrected chi connectivity index (χ3v) is 4.27. The summed E-state index contributed by atoms with van der Waals surface area (Å²) in [6, 6.07) is 8.30. The van der Waals surface area contributed by atoms with Crippen LogP contribution in [0, 0.1) is 0 Å². The van der Waals surface area contributed by atoms with E-state index in [0.717, 1.165) is 17.7 Å². The fraction of sp³-hybridized carbons (Fsp3) is 0.316. The molecule has 0 aliphatic carbocycles. The van der Waals surface area contributed by atoms with Gasteiger partial charge in [0.2, 0.25) is 5.91 Å². The topological polar surface area (TPSA) is 61.4 Å². The van der Waals surface area contributed by atoms with Crippen LogP contribution in [0.5, 0.6) is 0 Å². The van der Waals surface area contributed by atoms with Crippen LogP contribution in [-0.4, -0.2) is 23.2 Å². The van der Waals surface area contributed by atoms with E-state index in [9.17, 15) is 23.1 Å². The number of aliphatic hydroxyl groups is 1. The highest BCUT2D eigenvalue weighted by molar-refractivity contribution is 6.39. The first kappa shape index (κ1) is 22.3. The van der Waals surface area contributed by atoms with Crippen LogP contribution in [0.3, 0.4) is 0 Å². The minimum atomic E-state index is -4.54. The Bertz CT molecular complexity index is 825. The molecule has 0 saturated carbocycles. The molecule has 0 aliphatic heterocycles. The summed E-state index contributed by atoms with van der Waals surface area (Å²) in [5, 5.41) is 14.8. The lowest BCUT2D eigenvalue weighted by atomic mass is 10.1. The predicted octanol–water partition coefficient (Wildman–Crippen LogP) is 5.19. The Balaban J connectivity index is 2.06. The lowest BCUT2D eigenvalue weighted by Crippen LogP contribution is -2.38.